The Morgan fingerprint density at radius 2 is 2.26 bits per heavy atom. The molecular formula is C16H22N2O. The van der Waals surface area contributed by atoms with Crippen LogP contribution in [0.3, 0.4) is 0 Å². The van der Waals surface area contributed by atoms with Crippen LogP contribution in [0.25, 0.3) is 0 Å². The van der Waals surface area contributed by atoms with Gasteiger partial charge in [0.05, 0.1) is 24.7 Å². The normalized spacial score (nSPS) is 19.8. The first kappa shape index (κ1) is 14.0. The van der Waals surface area contributed by atoms with Crippen molar-refractivity contribution in [1.82, 2.24) is 4.90 Å². The minimum absolute atomic E-state index is 0.0683. The number of benzene rings is 1. The second-order valence-corrected chi connectivity index (χ2v) is 5.19. The Kier molecular flexibility index (Phi) is 4.95. The predicted molar refractivity (Wildman–Crippen MR) is 75.7 cm³/mol. The van der Waals surface area contributed by atoms with E-state index in [1.54, 1.807) is 0 Å². The molecule has 0 bridgehead atoms. The van der Waals surface area contributed by atoms with Gasteiger partial charge in [0, 0.05) is 13.1 Å². The molecule has 0 saturated heterocycles. The van der Waals surface area contributed by atoms with Crippen molar-refractivity contribution in [3.8, 4) is 6.07 Å². The van der Waals surface area contributed by atoms with E-state index in [1.807, 2.05) is 6.92 Å². The summed E-state index contributed by atoms with van der Waals surface area (Å²) >= 11 is 0. The third-order valence-electron chi connectivity index (χ3n) is 3.72. The highest BCUT2D eigenvalue weighted by molar-refractivity contribution is 5.31. The number of rotatable bonds is 5. The number of hydrogen-bond acceptors (Lipinski definition) is 3. The molecule has 1 heterocycles. The van der Waals surface area contributed by atoms with Crippen LogP contribution >= 0.6 is 0 Å². The molecule has 3 nitrogen and oxygen atoms in total. The van der Waals surface area contributed by atoms with Gasteiger partial charge in [-0.15, -0.1) is 0 Å². The molecule has 0 amide bonds. The van der Waals surface area contributed by atoms with Gasteiger partial charge in [-0.1, -0.05) is 31.2 Å². The molecule has 0 aliphatic carbocycles. The lowest BCUT2D eigenvalue weighted by Crippen LogP contribution is -2.34. The van der Waals surface area contributed by atoms with Crippen molar-refractivity contribution in [3.05, 3.63) is 35.4 Å². The van der Waals surface area contributed by atoms with Crippen LogP contribution < -0.4 is 0 Å². The summed E-state index contributed by atoms with van der Waals surface area (Å²) in [5.41, 5.74) is 2.72. The van der Waals surface area contributed by atoms with E-state index in [2.05, 4.69) is 42.2 Å². The third-order valence-corrected chi connectivity index (χ3v) is 3.72. The second-order valence-electron chi connectivity index (χ2n) is 5.19. The first-order chi connectivity index (χ1) is 9.24. The summed E-state index contributed by atoms with van der Waals surface area (Å²) in [6.07, 6.45) is 1.16. The van der Waals surface area contributed by atoms with Gasteiger partial charge in [0.25, 0.3) is 0 Å². The number of hydrogen-bond donors (Lipinski definition) is 0. The van der Waals surface area contributed by atoms with Gasteiger partial charge in [0.1, 0.15) is 0 Å². The topological polar surface area (TPSA) is 36.3 Å². The summed E-state index contributed by atoms with van der Waals surface area (Å²) in [4.78, 5) is 2.31. The lowest BCUT2D eigenvalue weighted by molar-refractivity contribution is 0.0155. The molecule has 0 aromatic heterocycles. The summed E-state index contributed by atoms with van der Waals surface area (Å²) in [7, 11) is 0. The van der Waals surface area contributed by atoms with Crippen molar-refractivity contribution in [2.45, 2.75) is 26.4 Å². The van der Waals surface area contributed by atoms with Crippen molar-refractivity contribution in [1.29, 1.82) is 5.26 Å². The Morgan fingerprint density at radius 1 is 1.47 bits per heavy atom. The summed E-state index contributed by atoms with van der Waals surface area (Å²) in [6.45, 7) is 7.55. The molecule has 2 rings (SSSR count). The molecule has 1 aromatic rings. The molecular weight excluding hydrogens is 236 g/mol. The van der Waals surface area contributed by atoms with E-state index in [-0.39, 0.29) is 12.0 Å². The number of ether oxygens (including phenoxy) is 1. The van der Waals surface area contributed by atoms with Crippen molar-refractivity contribution in [3.63, 3.8) is 0 Å². The SMILES string of the molecule is CCN(CC(C)C#N)CC1OCCc2ccccc21. The largest absolute Gasteiger partial charge is 0.372 e. The molecule has 0 N–H and O–H groups in total. The highest BCUT2D eigenvalue weighted by Gasteiger charge is 2.22. The Bertz CT molecular complexity index is 452. The Hall–Kier alpha value is -1.37. The zero-order chi connectivity index (χ0) is 13.7. The fourth-order valence-electron chi connectivity index (χ4n) is 2.62. The smallest absolute Gasteiger partial charge is 0.0954 e. The van der Waals surface area contributed by atoms with Crippen molar-refractivity contribution < 1.29 is 4.74 Å². The van der Waals surface area contributed by atoms with Gasteiger partial charge in [-0.3, -0.25) is 4.90 Å². The zero-order valence-corrected chi connectivity index (χ0v) is 11.8. The van der Waals surface area contributed by atoms with Gasteiger partial charge in [-0.25, -0.2) is 0 Å². The molecule has 1 aliphatic rings. The molecule has 2 atom stereocenters. The molecule has 1 aromatic carbocycles. The van der Waals surface area contributed by atoms with Crippen LogP contribution in [0, 0.1) is 17.2 Å². The maximum absolute atomic E-state index is 8.93. The first-order valence-corrected chi connectivity index (χ1v) is 7.06. The fraction of sp³-hybridized carbons (Fsp3) is 0.562. The molecule has 1 aliphatic heterocycles. The minimum Gasteiger partial charge on any atom is -0.372 e. The van der Waals surface area contributed by atoms with Gasteiger partial charge >= 0.3 is 0 Å². The quantitative estimate of drug-likeness (QED) is 0.815. The molecule has 0 radical (unpaired) electrons. The zero-order valence-electron chi connectivity index (χ0n) is 11.8. The monoisotopic (exact) mass is 258 g/mol. The van der Waals surface area contributed by atoms with Gasteiger partial charge in [0.2, 0.25) is 0 Å². The van der Waals surface area contributed by atoms with Crippen LogP contribution in [0.2, 0.25) is 0 Å². The molecule has 19 heavy (non-hydrogen) atoms. The van der Waals surface area contributed by atoms with E-state index >= 15 is 0 Å². The molecule has 0 saturated carbocycles. The number of fused-ring (bicyclic) bond motifs is 1. The molecule has 2 unspecified atom stereocenters. The van der Waals surface area contributed by atoms with Crippen LogP contribution in [-0.4, -0.2) is 31.1 Å². The predicted octanol–water partition coefficient (Wildman–Crippen LogP) is 2.78. The lowest BCUT2D eigenvalue weighted by atomic mass is 9.97. The summed E-state index contributed by atoms with van der Waals surface area (Å²) in [5.74, 6) is 0.0683. The Balaban J connectivity index is 2.05. The molecule has 0 fully saturated rings. The van der Waals surface area contributed by atoms with Gasteiger partial charge < -0.3 is 4.74 Å². The van der Waals surface area contributed by atoms with E-state index < -0.39 is 0 Å². The van der Waals surface area contributed by atoms with Crippen LogP contribution in [0.1, 0.15) is 31.1 Å². The molecule has 0 spiro atoms. The van der Waals surface area contributed by atoms with E-state index in [1.165, 1.54) is 11.1 Å². The van der Waals surface area contributed by atoms with Crippen molar-refractivity contribution in [2.75, 3.05) is 26.2 Å². The van der Waals surface area contributed by atoms with E-state index in [9.17, 15) is 0 Å². The third kappa shape index (κ3) is 3.56. The lowest BCUT2D eigenvalue weighted by Gasteiger charge is -2.31. The fourth-order valence-corrected chi connectivity index (χ4v) is 2.62. The van der Waals surface area contributed by atoms with Gasteiger partial charge in [-0.05, 0) is 31.0 Å². The molecule has 3 heteroatoms. The van der Waals surface area contributed by atoms with Crippen LogP contribution in [0.15, 0.2) is 24.3 Å². The van der Waals surface area contributed by atoms with Crippen LogP contribution in [0.4, 0.5) is 0 Å². The van der Waals surface area contributed by atoms with Crippen LogP contribution in [-0.2, 0) is 11.2 Å². The Labute approximate surface area is 115 Å². The maximum atomic E-state index is 8.93. The van der Waals surface area contributed by atoms with Crippen molar-refractivity contribution in [2.24, 2.45) is 5.92 Å². The average Bonchev–Trinajstić information content (AvgIpc) is 2.46. The Morgan fingerprint density at radius 3 is 3.00 bits per heavy atom. The summed E-state index contributed by atoms with van der Waals surface area (Å²) < 4.78 is 5.93. The number of likely N-dealkylation sites (N-methyl/N-ethyl adjacent to an activating group) is 1. The second kappa shape index (κ2) is 6.70. The molecule has 102 valence electrons. The van der Waals surface area contributed by atoms with E-state index in [4.69, 9.17) is 10.00 Å². The van der Waals surface area contributed by atoms with Gasteiger partial charge in [0.15, 0.2) is 0 Å². The average molecular weight is 258 g/mol. The minimum atomic E-state index is 0.0683. The number of nitriles is 1. The highest BCUT2D eigenvalue weighted by Crippen LogP contribution is 2.27. The summed E-state index contributed by atoms with van der Waals surface area (Å²) in [6, 6.07) is 10.8. The van der Waals surface area contributed by atoms with Gasteiger partial charge in [-0.2, -0.15) is 5.26 Å². The van der Waals surface area contributed by atoms with E-state index in [0.717, 1.165) is 32.7 Å². The standard InChI is InChI=1S/C16H22N2O/c1-3-18(11-13(2)10-17)12-16-15-7-5-4-6-14(15)8-9-19-16/h4-7,13,16H,3,8-9,11-12H2,1-2H3. The number of nitrogens with zero attached hydrogens (tertiary/aromatic N) is 2. The summed E-state index contributed by atoms with van der Waals surface area (Å²) in [5, 5.41) is 8.93. The highest BCUT2D eigenvalue weighted by atomic mass is 16.5. The van der Waals surface area contributed by atoms with Crippen molar-refractivity contribution >= 4 is 0 Å². The maximum Gasteiger partial charge on any atom is 0.0954 e. The first-order valence-electron chi connectivity index (χ1n) is 7.06. The van der Waals surface area contributed by atoms with E-state index in [0.29, 0.717) is 0 Å². The van der Waals surface area contributed by atoms with Crippen LogP contribution in [0.5, 0.6) is 0 Å².